The molecule has 0 saturated heterocycles. The molecular formula is C14H10N3O2-. The molecule has 19 heavy (non-hydrogen) atoms. The van der Waals surface area contributed by atoms with Crippen molar-refractivity contribution in [3.8, 4) is 22.8 Å². The van der Waals surface area contributed by atoms with E-state index in [0.29, 0.717) is 5.56 Å². The number of rotatable bonds is 2. The topological polar surface area (TPSA) is 71.0 Å². The Labute approximate surface area is 109 Å². The number of methoxy groups -OCH3 is 1. The molecular weight excluding hydrogens is 242 g/mol. The summed E-state index contributed by atoms with van der Waals surface area (Å²) in [5.74, 6) is -0.271. The van der Waals surface area contributed by atoms with E-state index in [9.17, 15) is 5.11 Å². The van der Waals surface area contributed by atoms with Gasteiger partial charge in [-0.15, -0.1) is 0 Å². The van der Waals surface area contributed by atoms with Gasteiger partial charge in [0.2, 0.25) is 0 Å². The van der Waals surface area contributed by atoms with Gasteiger partial charge in [-0.25, -0.2) is 0 Å². The molecule has 1 aromatic carbocycles. The van der Waals surface area contributed by atoms with Gasteiger partial charge in [0.25, 0.3) is 0 Å². The molecule has 5 nitrogen and oxygen atoms in total. The minimum Gasteiger partial charge on any atom is -0.855 e. The van der Waals surface area contributed by atoms with Crippen LogP contribution in [0.5, 0.6) is 11.6 Å². The Morgan fingerprint density at radius 1 is 1.11 bits per heavy atom. The number of hydrogen-bond acceptors (Lipinski definition) is 5. The highest BCUT2D eigenvalue weighted by molar-refractivity contribution is 5.95. The Morgan fingerprint density at radius 2 is 1.95 bits per heavy atom. The lowest BCUT2D eigenvalue weighted by Crippen LogP contribution is -2.01. The second kappa shape index (κ2) is 4.53. The minimum atomic E-state index is -0.471. The zero-order valence-corrected chi connectivity index (χ0v) is 10.2. The van der Waals surface area contributed by atoms with E-state index in [1.165, 1.54) is 13.3 Å². The minimum absolute atomic E-state index is 0.200. The van der Waals surface area contributed by atoms with Crippen molar-refractivity contribution in [3.63, 3.8) is 0 Å². The van der Waals surface area contributed by atoms with Crippen LogP contribution in [0, 0.1) is 0 Å². The molecule has 94 valence electrons. The third-order valence-corrected chi connectivity index (χ3v) is 2.92. The SMILES string of the molecule is COc1c(-c2ccnc3ccccc23)cnnc1[O-]. The van der Waals surface area contributed by atoms with Gasteiger partial charge < -0.3 is 9.84 Å². The largest absolute Gasteiger partial charge is 0.855 e. The van der Waals surface area contributed by atoms with Crippen LogP contribution >= 0.6 is 0 Å². The summed E-state index contributed by atoms with van der Waals surface area (Å²) >= 11 is 0. The fourth-order valence-corrected chi connectivity index (χ4v) is 2.08. The molecule has 0 bridgehead atoms. The van der Waals surface area contributed by atoms with Gasteiger partial charge in [-0.05, 0) is 17.7 Å². The van der Waals surface area contributed by atoms with Crippen LogP contribution in [0.2, 0.25) is 0 Å². The summed E-state index contributed by atoms with van der Waals surface area (Å²) in [5, 5.41) is 19.8. The summed E-state index contributed by atoms with van der Waals surface area (Å²) < 4.78 is 5.14. The number of para-hydroxylation sites is 1. The Hall–Kier alpha value is -2.69. The molecule has 0 fully saturated rings. The monoisotopic (exact) mass is 252 g/mol. The number of benzene rings is 1. The number of ether oxygens (including phenoxy) is 1. The first-order valence-corrected chi connectivity index (χ1v) is 5.72. The first-order chi connectivity index (χ1) is 9.31. The maximum atomic E-state index is 11.7. The van der Waals surface area contributed by atoms with Crippen molar-refractivity contribution in [2.75, 3.05) is 7.11 Å². The van der Waals surface area contributed by atoms with Gasteiger partial charge >= 0.3 is 0 Å². The fraction of sp³-hybridized carbons (Fsp3) is 0.0714. The summed E-state index contributed by atoms with van der Waals surface area (Å²) in [6.45, 7) is 0. The molecule has 0 spiro atoms. The average Bonchev–Trinajstić information content (AvgIpc) is 2.46. The van der Waals surface area contributed by atoms with Gasteiger partial charge in [-0.3, -0.25) is 4.98 Å². The van der Waals surface area contributed by atoms with E-state index < -0.39 is 5.88 Å². The van der Waals surface area contributed by atoms with Gasteiger partial charge in [0.15, 0.2) is 0 Å². The molecule has 3 rings (SSSR count). The summed E-state index contributed by atoms with van der Waals surface area (Å²) in [5.41, 5.74) is 2.34. The van der Waals surface area contributed by atoms with E-state index in [4.69, 9.17) is 4.74 Å². The van der Waals surface area contributed by atoms with Crippen molar-refractivity contribution in [2.45, 2.75) is 0 Å². The highest BCUT2D eigenvalue weighted by Crippen LogP contribution is 2.36. The van der Waals surface area contributed by atoms with Crippen LogP contribution in [0.15, 0.2) is 42.7 Å². The average molecular weight is 252 g/mol. The molecule has 0 aliphatic carbocycles. The summed E-state index contributed by atoms with van der Waals surface area (Å²) in [4.78, 5) is 4.29. The molecule has 0 aliphatic rings. The highest BCUT2D eigenvalue weighted by atomic mass is 16.5. The van der Waals surface area contributed by atoms with Crippen LogP contribution < -0.4 is 9.84 Å². The van der Waals surface area contributed by atoms with Crippen molar-refractivity contribution in [1.29, 1.82) is 0 Å². The predicted octanol–water partition coefficient (Wildman–Crippen LogP) is 1.77. The molecule has 0 saturated carbocycles. The van der Waals surface area contributed by atoms with E-state index in [1.807, 2.05) is 30.3 Å². The first kappa shape index (κ1) is 11.4. The zero-order valence-electron chi connectivity index (χ0n) is 10.2. The Bertz CT molecular complexity index is 738. The molecule has 0 N–H and O–H groups in total. The van der Waals surface area contributed by atoms with E-state index in [1.54, 1.807) is 6.20 Å². The first-order valence-electron chi connectivity index (χ1n) is 5.72. The molecule has 2 aromatic heterocycles. The predicted molar refractivity (Wildman–Crippen MR) is 68.8 cm³/mol. The molecule has 0 atom stereocenters. The lowest BCUT2D eigenvalue weighted by molar-refractivity contribution is -0.277. The molecule has 0 amide bonds. The van der Waals surface area contributed by atoms with Gasteiger partial charge in [0, 0.05) is 17.1 Å². The zero-order chi connectivity index (χ0) is 13.2. The standard InChI is InChI=1S/C14H11N3O2/c1-19-13-11(8-16-17-14(13)18)9-6-7-15-12-5-3-2-4-10(9)12/h2-8H,1H3,(H,17,18)/p-1. The van der Waals surface area contributed by atoms with Gasteiger partial charge in [-0.2, -0.15) is 10.2 Å². The Morgan fingerprint density at radius 3 is 2.79 bits per heavy atom. The second-order valence-corrected chi connectivity index (χ2v) is 3.97. The van der Waals surface area contributed by atoms with E-state index in [2.05, 4.69) is 15.2 Å². The Kier molecular flexibility index (Phi) is 2.72. The number of fused-ring (bicyclic) bond motifs is 1. The Balaban J connectivity index is 2.34. The lowest BCUT2D eigenvalue weighted by Gasteiger charge is -2.15. The number of aromatic nitrogens is 3. The van der Waals surface area contributed by atoms with Crippen molar-refractivity contribution in [3.05, 3.63) is 42.7 Å². The number of pyridine rings is 1. The summed E-state index contributed by atoms with van der Waals surface area (Å²) in [6.07, 6.45) is 3.23. The van der Waals surface area contributed by atoms with Crippen LogP contribution in [0.3, 0.4) is 0 Å². The fourth-order valence-electron chi connectivity index (χ4n) is 2.08. The second-order valence-electron chi connectivity index (χ2n) is 3.97. The van der Waals surface area contributed by atoms with E-state index >= 15 is 0 Å². The molecule has 0 radical (unpaired) electrons. The van der Waals surface area contributed by atoms with Crippen LogP contribution in [-0.4, -0.2) is 22.3 Å². The van der Waals surface area contributed by atoms with Crippen LogP contribution in [0.4, 0.5) is 0 Å². The molecule has 0 aliphatic heterocycles. The molecule has 3 aromatic rings. The number of hydrogen-bond donors (Lipinski definition) is 0. The summed E-state index contributed by atoms with van der Waals surface area (Å²) in [6, 6.07) is 9.54. The van der Waals surface area contributed by atoms with E-state index in [0.717, 1.165) is 16.5 Å². The van der Waals surface area contributed by atoms with Gasteiger partial charge in [-0.1, -0.05) is 18.2 Å². The smallest absolute Gasteiger partial charge is 0.140 e. The van der Waals surface area contributed by atoms with Crippen molar-refractivity contribution in [1.82, 2.24) is 15.2 Å². The normalized spacial score (nSPS) is 10.6. The highest BCUT2D eigenvalue weighted by Gasteiger charge is 2.11. The summed E-state index contributed by atoms with van der Waals surface area (Å²) in [7, 11) is 1.45. The molecule has 0 unspecified atom stereocenters. The quantitative estimate of drug-likeness (QED) is 0.695. The van der Waals surface area contributed by atoms with Crippen LogP contribution in [-0.2, 0) is 0 Å². The van der Waals surface area contributed by atoms with Crippen molar-refractivity contribution < 1.29 is 9.84 Å². The van der Waals surface area contributed by atoms with Gasteiger partial charge in [0.05, 0.1) is 24.7 Å². The van der Waals surface area contributed by atoms with Crippen LogP contribution in [0.25, 0.3) is 22.0 Å². The molecule has 5 heteroatoms. The van der Waals surface area contributed by atoms with Gasteiger partial charge in [0.1, 0.15) is 5.75 Å². The maximum Gasteiger partial charge on any atom is 0.140 e. The lowest BCUT2D eigenvalue weighted by atomic mass is 10.0. The molecule has 2 heterocycles. The van der Waals surface area contributed by atoms with Crippen LogP contribution in [0.1, 0.15) is 0 Å². The third-order valence-electron chi connectivity index (χ3n) is 2.92. The number of nitrogens with zero attached hydrogens (tertiary/aromatic N) is 3. The van der Waals surface area contributed by atoms with E-state index in [-0.39, 0.29) is 5.75 Å². The maximum absolute atomic E-state index is 11.7. The van der Waals surface area contributed by atoms with Crippen molar-refractivity contribution >= 4 is 10.9 Å². The third kappa shape index (κ3) is 1.85. The van der Waals surface area contributed by atoms with Crippen molar-refractivity contribution in [2.24, 2.45) is 0 Å².